The van der Waals surface area contributed by atoms with Gasteiger partial charge in [-0.05, 0) is 38.1 Å². The molecule has 116 valence electrons. The molecule has 4 nitrogen and oxygen atoms in total. The summed E-state index contributed by atoms with van der Waals surface area (Å²) in [5, 5.41) is 0.138. The fourth-order valence-electron chi connectivity index (χ4n) is 1.72. The number of carbonyl (C=O) groups is 1. The van der Waals surface area contributed by atoms with Crippen molar-refractivity contribution in [1.82, 2.24) is 0 Å². The van der Waals surface area contributed by atoms with Gasteiger partial charge in [-0.1, -0.05) is 20.8 Å². The summed E-state index contributed by atoms with van der Waals surface area (Å²) < 4.78 is 16.9. The van der Waals surface area contributed by atoms with Gasteiger partial charge in [0, 0.05) is 0 Å². The molecule has 20 heavy (non-hydrogen) atoms. The summed E-state index contributed by atoms with van der Waals surface area (Å²) in [4.78, 5) is 12.1. The van der Waals surface area contributed by atoms with Crippen LogP contribution in [0, 0.1) is 5.41 Å². The average Bonchev–Trinajstić information content (AvgIpc) is 2.68. The number of hydrogen-bond acceptors (Lipinski definition) is 4. The van der Waals surface area contributed by atoms with E-state index < -0.39 is 13.7 Å². The molecule has 0 aliphatic carbocycles. The van der Waals surface area contributed by atoms with Gasteiger partial charge >= 0.3 is 5.97 Å². The molecule has 0 N–H and O–H groups in total. The number of carbonyl (C=O) groups excluding carboxylic acids is 1. The zero-order valence-electron chi connectivity index (χ0n) is 13.8. The Morgan fingerprint density at radius 1 is 1.40 bits per heavy atom. The van der Waals surface area contributed by atoms with Crippen molar-refractivity contribution in [1.29, 1.82) is 0 Å². The second-order valence-electron chi connectivity index (χ2n) is 7.00. The highest BCUT2D eigenvalue weighted by Gasteiger charge is 2.47. The maximum atomic E-state index is 12.1. The predicted octanol–water partition coefficient (Wildman–Crippen LogP) is 3.49. The normalized spacial score (nSPS) is 26.4. The molecule has 0 amide bonds. The van der Waals surface area contributed by atoms with Crippen molar-refractivity contribution in [2.24, 2.45) is 5.41 Å². The monoisotopic (exact) mass is 300 g/mol. The summed E-state index contributed by atoms with van der Waals surface area (Å²) in [6.45, 7) is 15.4. The van der Waals surface area contributed by atoms with E-state index in [1.165, 1.54) is 0 Å². The third kappa shape index (κ3) is 3.44. The molecule has 5 heteroatoms. The molecule has 1 aliphatic rings. The Labute approximate surface area is 123 Å². The first-order valence-corrected chi connectivity index (χ1v) is 10.1. The van der Waals surface area contributed by atoms with Crippen molar-refractivity contribution in [2.75, 3.05) is 13.2 Å². The highest BCUT2D eigenvalue weighted by atomic mass is 28.4. The summed E-state index contributed by atoms with van der Waals surface area (Å²) in [5.74, 6) is -0.252. The minimum absolute atomic E-state index is 0.138. The molecule has 2 atom stereocenters. The minimum atomic E-state index is -1.85. The van der Waals surface area contributed by atoms with Gasteiger partial charge in [0.1, 0.15) is 11.5 Å². The molecule has 1 heterocycles. The largest absolute Gasteiger partial charge is 0.494 e. The molecule has 0 aromatic heterocycles. The standard InChI is InChI=1S/C15H28O4Si/c1-8-17-13(16)15(5)9-10-18-12(15)11-19-20(6,7)14(2,3)4/h9-10,12H,8,11H2,1-7H3/t12?,15-/m0/s1. The van der Waals surface area contributed by atoms with Gasteiger partial charge in [-0.15, -0.1) is 0 Å². The lowest BCUT2D eigenvalue weighted by Gasteiger charge is -2.38. The Kier molecular flexibility index (Phi) is 5.08. The van der Waals surface area contributed by atoms with Crippen LogP contribution in [0.3, 0.4) is 0 Å². The lowest BCUT2D eigenvalue weighted by molar-refractivity contribution is -0.156. The Bertz CT molecular complexity index is 384. The van der Waals surface area contributed by atoms with Crippen molar-refractivity contribution >= 4 is 14.3 Å². The van der Waals surface area contributed by atoms with E-state index in [-0.39, 0.29) is 17.1 Å². The van der Waals surface area contributed by atoms with Crippen LogP contribution in [-0.2, 0) is 18.7 Å². The maximum absolute atomic E-state index is 12.1. The molecule has 0 aromatic rings. The van der Waals surface area contributed by atoms with Crippen molar-refractivity contribution in [2.45, 2.75) is 58.9 Å². The number of ether oxygens (including phenoxy) is 2. The van der Waals surface area contributed by atoms with E-state index in [2.05, 4.69) is 33.9 Å². The molecular weight excluding hydrogens is 272 g/mol. The highest BCUT2D eigenvalue weighted by molar-refractivity contribution is 6.74. The molecule has 0 spiro atoms. The summed E-state index contributed by atoms with van der Waals surface area (Å²) in [6, 6.07) is 0. The van der Waals surface area contributed by atoms with E-state index >= 15 is 0 Å². The van der Waals surface area contributed by atoms with Crippen LogP contribution in [-0.4, -0.2) is 33.6 Å². The Hall–Kier alpha value is -0.813. The van der Waals surface area contributed by atoms with Crippen LogP contribution in [0.25, 0.3) is 0 Å². The van der Waals surface area contributed by atoms with Crippen LogP contribution in [0.1, 0.15) is 34.6 Å². The van der Waals surface area contributed by atoms with E-state index in [4.69, 9.17) is 13.9 Å². The smallest absolute Gasteiger partial charge is 0.319 e. The number of hydrogen-bond donors (Lipinski definition) is 0. The first-order valence-electron chi connectivity index (χ1n) is 7.19. The van der Waals surface area contributed by atoms with E-state index in [0.29, 0.717) is 13.2 Å². The Morgan fingerprint density at radius 3 is 2.50 bits per heavy atom. The fourth-order valence-corrected chi connectivity index (χ4v) is 2.72. The van der Waals surface area contributed by atoms with Crippen molar-refractivity contribution in [3.63, 3.8) is 0 Å². The zero-order valence-corrected chi connectivity index (χ0v) is 14.8. The number of rotatable bonds is 5. The van der Waals surface area contributed by atoms with Crippen molar-refractivity contribution in [3.05, 3.63) is 12.3 Å². The summed E-state index contributed by atoms with van der Waals surface area (Å²) >= 11 is 0. The molecular formula is C15H28O4Si. The molecule has 0 bridgehead atoms. The van der Waals surface area contributed by atoms with Gasteiger partial charge in [0.15, 0.2) is 8.32 Å². The third-order valence-electron chi connectivity index (χ3n) is 4.44. The van der Waals surface area contributed by atoms with Gasteiger partial charge in [0.2, 0.25) is 0 Å². The van der Waals surface area contributed by atoms with Gasteiger partial charge in [-0.25, -0.2) is 0 Å². The van der Waals surface area contributed by atoms with E-state index in [0.717, 1.165) is 0 Å². The van der Waals surface area contributed by atoms with Crippen LogP contribution < -0.4 is 0 Å². The molecule has 1 rings (SSSR count). The lowest BCUT2D eigenvalue weighted by Crippen LogP contribution is -2.46. The van der Waals surface area contributed by atoms with Gasteiger partial charge in [-0.3, -0.25) is 4.79 Å². The maximum Gasteiger partial charge on any atom is 0.319 e. The molecule has 1 unspecified atom stereocenters. The minimum Gasteiger partial charge on any atom is -0.494 e. The topological polar surface area (TPSA) is 44.8 Å². The number of esters is 1. The van der Waals surface area contributed by atoms with Crippen LogP contribution >= 0.6 is 0 Å². The van der Waals surface area contributed by atoms with Gasteiger partial charge < -0.3 is 13.9 Å². The third-order valence-corrected chi connectivity index (χ3v) is 8.94. The second-order valence-corrected chi connectivity index (χ2v) is 11.8. The van der Waals surface area contributed by atoms with Crippen molar-refractivity contribution in [3.8, 4) is 0 Å². The molecule has 0 fully saturated rings. The van der Waals surface area contributed by atoms with E-state index in [1.807, 2.05) is 13.8 Å². The highest BCUT2D eigenvalue weighted by Crippen LogP contribution is 2.39. The van der Waals surface area contributed by atoms with Crippen molar-refractivity contribution < 1.29 is 18.7 Å². The van der Waals surface area contributed by atoms with E-state index in [9.17, 15) is 4.79 Å². The predicted molar refractivity (Wildman–Crippen MR) is 81.9 cm³/mol. The Balaban J connectivity index is 2.71. The summed E-state index contributed by atoms with van der Waals surface area (Å²) in [5.41, 5.74) is -0.752. The van der Waals surface area contributed by atoms with Crippen LogP contribution in [0.5, 0.6) is 0 Å². The summed E-state index contributed by atoms with van der Waals surface area (Å²) in [7, 11) is -1.85. The SMILES string of the molecule is CCOC(=O)[C@@]1(C)C=COC1CO[Si](C)(C)C(C)(C)C. The van der Waals surface area contributed by atoms with Gasteiger partial charge in [-0.2, -0.15) is 0 Å². The summed E-state index contributed by atoms with van der Waals surface area (Å²) in [6.07, 6.45) is 3.04. The molecule has 0 saturated heterocycles. The fraction of sp³-hybridized carbons (Fsp3) is 0.800. The Morgan fingerprint density at radius 2 is 2.00 bits per heavy atom. The molecule has 1 aliphatic heterocycles. The molecule has 0 radical (unpaired) electrons. The van der Waals surface area contributed by atoms with Crippen LogP contribution in [0.2, 0.25) is 18.1 Å². The molecule has 0 saturated carbocycles. The average molecular weight is 300 g/mol. The lowest BCUT2D eigenvalue weighted by atomic mass is 9.86. The first-order chi connectivity index (χ1) is 9.04. The van der Waals surface area contributed by atoms with Crippen LogP contribution in [0.15, 0.2) is 12.3 Å². The van der Waals surface area contributed by atoms with Gasteiger partial charge in [0.05, 0.1) is 19.5 Å². The quantitative estimate of drug-likeness (QED) is 0.576. The van der Waals surface area contributed by atoms with Gasteiger partial charge in [0.25, 0.3) is 0 Å². The van der Waals surface area contributed by atoms with Crippen LogP contribution in [0.4, 0.5) is 0 Å². The first kappa shape index (κ1) is 17.2. The van der Waals surface area contributed by atoms with E-state index in [1.54, 1.807) is 12.3 Å². The second kappa shape index (κ2) is 5.90. The molecule has 0 aromatic carbocycles. The zero-order chi connectivity index (χ0) is 15.6.